The molecule has 10 rings (SSSR count). The van der Waals surface area contributed by atoms with Crippen LogP contribution in [0.4, 0.5) is 17.1 Å². The largest absolute Gasteiger partial charge is 0.310 e. The van der Waals surface area contributed by atoms with Crippen molar-refractivity contribution in [3.63, 3.8) is 0 Å². The van der Waals surface area contributed by atoms with Gasteiger partial charge in [-0.1, -0.05) is 182 Å². The number of aromatic nitrogens is 2. The van der Waals surface area contributed by atoms with E-state index in [0.29, 0.717) is 0 Å². The Hall–Kier alpha value is -7.49. The van der Waals surface area contributed by atoms with Crippen LogP contribution in [-0.2, 0) is 0 Å². The molecule has 2 heterocycles. The summed E-state index contributed by atoms with van der Waals surface area (Å²) in [6.45, 7) is 0. The van der Waals surface area contributed by atoms with Crippen LogP contribution in [-0.4, -0.2) is 9.61 Å². The highest BCUT2D eigenvalue weighted by Crippen LogP contribution is 2.44. The number of hydrogen-bond donors (Lipinski definition) is 0. The van der Waals surface area contributed by atoms with E-state index in [4.69, 9.17) is 5.10 Å². The second-order valence-corrected chi connectivity index (χ2v) is 14.0. The zero-order chi connectivity index (χ0) is 37.3. The molecule has 3 nitrogen and oxygen atoms in total. The second kappa shape index (κ2) is 14.4. The molecule has 0 radical (unpaired) electrons. The zero-order valence-electron chi connectivity index (χ0n) is 30.7. The molecule has 0 bridgehead atoms. The minimum atomic E-state index is 0.961. The van der Waals surface area contributed by atoms with E-state index in [1.54, 1.807) is 0 Å². The van der Waals surface area contributed by atoms with Crippen molar-refractivity contribution in [1.82, 2.24) is 9.61 Å². The van der Waals surface area contributed by atoms with E-state index in [-0.39, 0.29) is 0 Å². The molecule has 0 N–H and O–H groups in total. The molecule has 0 saturated heterocycles. The van der Waals surface area contributed by atoms with Crippen LogP contribution in [0.1, 0.15) is 0 Å². The number of fused-ring (bicyclic) bond motifs is 3. The lowest BCUT2D eigenvalue weighted by Crippen LogP contribution is -2.10. The number of anilines is 3. The van der Waals surface area contributed by atoms with Gasteiger partial charge in [0.15, 0.2) is 0 Å². The molecule has 56 heavy (non-hydrogen) atoms. The lowest BCUT2D eigenvalue weighted by molar-refractivity contribution is 0.979. The molecule has 264 valence electrons. The second-order valence-electron chi connectivity index (χ2n) is 14.0. The molecule has 0 fully saturated rings. The molecule has 0 aliphatic carbocycles. The van der Waals surface area contributed by atoms with Crippen molar-refractivity contribution < 1.29 is 0 Å². The van der Waals surface area contributed by atoms with Gasteiger partial charge in [0.25, 0.3) is 0 Å². The van der Waals surface area contributed by atoms with Crippen molar-refractivity contribution in [1.29, 1.82) is 0 Å². The first-order valence-corrected chi connectivity index (χ1v) is 19.1. The first-order valence-electron chi connectivity index (χ1n) is 19.1. The Morgan fingerprint density at radius 2 is 0.821 bits per heavy atom. The molecule has 0 spiro atoms. The molecular weight excluding hydrogens is 679 g/mol. The van der Waals surface area contributed by atoms with Gasteiger partial charge in [0.2, 0.25) is 0 Å². The smallest absolute Gasteiger partial charge is 0.101 e. The molecule has 0 atom stereocenters. The lowest BCUT2D eigenvalue weighted by atomic mass is 9.96. The highest BCUT2D eigenvalue weighted by Gasteiger charge is 2.23. The topological polar surface area (TPSA) is 20.5 Å². The third kappa shape index (κ3) is 6.12. The average Bonchev–Trinajstić information content (AvgIpc) is 3.69. The van der Waals surface area contributed by atoms with Crippen LogP contribution in [0.3, 0.4) is 0 Å². The summed E-state index contributed by atoms with van der Waals surface area (Å²) in [4.78, 5) is 2.37. The maximum absolute atomic E-state index is 5.42. The molecule has 0 aliphatic rings. The normalized spacial score (nSPS) is 11.2. The number of pyridine rings is 1. The molecule has 0 amide bonds. The molecule has 10 aromatic rings. The Balaban J connectivity index is 1.22. The van der Waals surface area contributed by atoms with Crippen LogP contribution in [0.25, 0.3) is 72.2 Å². The average molecular weight is 716 g/mol. The van der Waals surface area contributed by atoms with Crippen molar-refractivity contribution in [2.45, 2.75) is 0 Å². The number of benzene rings is 8. The van der Waals surface area contributed by atoms with Gasteiger partial charge in [0.05, 0.1) is 11.2 Å². The van der Waals surface area contributed by atoms with Gasteiger partial charge in [-0.25, -0.2) is 4.52 Å². The molecule has 0 saturated carbocycles. The maximum Gasteiger partial charge on any atom is 0.101 e. The summed E-state index contributed by atoms with van der Waals surface area (Å²) in [5.41, 5.74) is 15.5. The van der Waals surface area contributed by atoms with Gasteiger partial charge >= 0.3 is 0 Å². The minimum absolute atomic E-state index is 0.961. The van der Waals surface area contributed by atoms with E-state index in [0.717, 1.165) is 67.0 Å². The van der Waals surface area contributed by atoms with Crippen LogP contribution in [0.2, 0.25) is 0 Å². The van der Waals surface area contributed by atoms with Crippen LogP contribution in [0, 0.1) is 0 Å². The summed E-state index contributed by atoms with van der Waals surface area (Å²) in [5.74, 6) is 0. The van der Waals surface area contributed by atoms with E-state index in [1.165, 1.54) is 22.3 Å². The highest BCUT2D eigenvalue weighted by atomic mass is 15.2. The maximum atomic E-state index is 5.42. The van der Waals surface area contributed by atoms with Crippen molar-refractivity contribution in [3.05, 3.63) is 224 Å². The monoisotopic (exact) mass is 715 g/mol. The predicted octanol–water partition coefficient (Wildman–Crippen LogP) is 14.3. The molecule has 3 heteroatoms. The van der Waals surface area contributed by atoms with Gasteiger partial charge in [-0.05, 0) is 75.7 Å². The van der Waals surface area contributed by atoms with Gasteiger partial charge in [0.1, 0.15) is 5.69 Å². The number of nitrogens with zero attached hydrogens (tertiary/aromatic N) is 3. The third-order valence-electron chi connectivity index (χ3n) is 10.6. The first kappa shape index (κ1) is 33.1. The Morgan fingerprint density at radius 3 is 1.45 bits per heavy atom. The summed E-state index contributed by atoms with van der Waals surface area (Å²) in [7, 11) is 0. The Morgan fingerprint density at radius 1 is 0.339 bits per heavy atom. The fourth-order valence-corrected chi connectivity index (χ4v) is 7.90. The summed E-state index contributed by atoms with van der Waals surface area (Å²) < 4.78 is 2.16. The zero-order valence-corrected chi connectivity index (χ0v) is 30.7. The van der Waals surface area contributed by atoms with E-state index >= 15 is 0 Å². The van der Waals surface area contributed by atoms with E-state index in [2.05, 4.69) is 234 Å². The van der Waals surface area contributed by atoms with Gasteiger partial charge in [0, 0.05) is 39.1 Å². The molecule has 0 unspecified atom stereocenters. The molecule has 8 aromatic carbocycles. The van der Waals surface area contributed by atoms with Crippen LogP contribution >= 0.6 is 0 Å². The molecule has 2 aromatic heterocycles. The van der Waals surface area contributed by atoms with Crippen LogP contribution in [0.15, 0.2) is 224 Å². The summed E-state index contributed by atoms with van der Waals surface area (Å²) in [6.07, 6.45) is 0. The van der Waals surface area contributed by atoms with Crippen molar-refractivity contribution >= 4 is 33.4 Å². The molecular formula is C53H37N3. The fourth-order valence-electron chi connectivity index (χ4n) is 7.90. The molecule has 0 aliphatic heterocycles. The van der Waals surface area contributed by atoms with Gasteiger partial charge < -0.3 is 4.90 Å². The lowest BCUT2D eigenvalue weighted by Gasteiger charge is -2.27. The Bertz CT molecular complexity index is 2920. The van der Waals surface area contributed by atoms with Gasteiger partial charge in [-0.3, -0.25) is 0 Å². The van der Waals surface area contributed by atoms with Crippen molar-refractivity contribution in [2.75, 3.05) is 4.90 Å². The van der Waals surface area contributed by atoms with E-state index in [9.17, 15) is 0 Å². The van der Waals surface area contributed by atoms with Crippen molar-refractivity contribution in [2.24, 2.45) is 0 Å². The quantitative estimate of drug-likeness (QED) is 0.156. The number of hydrogen-bond acceptors (Lipinski definition) is 2. The Kier molecular flexibility index (Phi) is 8.51. The first-order chi connectivity index (χ1) is 27.8. The SMILES string of the molecule is c1ccc(-c2ccc(N(c3cccc(-c4ccccc4)c3)c3ccc4c(c3)cc(-c3ccccc3)n3nc(-c5ccccc5)c(-c5ccccc5)c43)cc2)cc1. The third-order valence-corrected chi connectivity index (χ3v) is 10.6. The van der Waals surface area contributed by atoms with E-state index in [1.807, 2.05) is 0 Å². The highest BCUT2D eigenvalue weighted by molar-refractivity contribution is 6.09. The standard InChI is InChI=1S/C53H37N3/c1-6-17-38(18-7-1)40-29-31-46(32-30-40)55(47-28-16-27-44(35-47)39-19-8-2-9-20-39)48-33-34-49-45(36-48)37-50(41-21-10-3-11-22-41)56-53(49)51(42-23-12-4-13-24-42)52(54-56)43-25-14-5-15-26-43/h1-37H. The fraction of sp³-hybridized carbons (Fsp3) is 0. The van der Waals surface area contributed by atoms with Crippen LogP contribution in [0.5, 0.6) is 0 Å². The predicted molar refractivity (Wildman–Crippen MR) is 235 cm³/mol. The number of rotatable bonds is 8. The minimum Gasteiger partial charge on any atom is -0.310 e. The summed E-state index contributed by atoms with van der Waals surface area (Å²) in [5, 5.41) is 7.69. The van der Waals surface area contributed by atoms with E-state index < -0.39 is 0 Å². The van der Waals surface area contributed by atoms with Gasteiger partial charge in [-0.2, -0.15) is 5.10 Å². The van der Waals surface area contributed by atoms with Gasteiger partial charge in [-0.15, -0.1) is 0 Å². The summed E-state index contributed by atoms with van der Waals surface area (Å²) >= 11 is 0. The van der Waals surface area contributed by atoms with Crippen molar-refractivity contribution in [3.8, 4) is 55.9 Å². The van der Waals surface area contributed by atoms with Crippen LogP contribution < -0.4 is 4.90 Å². The Labute approximate surface area is 327 Å². The summed E-state index contributed by atoms with van der Waals surface area (Å²) in [6, 6.07) is 79.9.